The summed E-state index contributed by atoms with van der Waals surface area (Å²) < 4.78 is 3.34. The van der Waals surface area contributed by atoms with Gasteiger partial charge in [-0.3, -0.25) is 18.8 Å². The van der Waals surface area contributed by atoms with Gasteiger partial charge in [-0.05, 0) is 61.6 Å². The SMILES string of the molecule is Cn1nccc1-c1ccc2c(=O)n(Cc3cccc(C(=O)NC4CCC(O)CC4)c3)cnc2c1. The van der Waals surface area contributed by atoms with Crippen LogP contribution in [-0.2, 0) is 13.6 Å². The van der Waals surface area contributed by atoms with Gasteiger partial charge in [0.2, 0.25) is 0 Å². The fourth-order valence-electron chi connectivity index (χ4n) is 4.58. The van der Waals surface area contributed by atoms with Crippen molar-refractivity contribution in [3.8, 4) is 11.3 Å². The summed E-state index contributed by atoms with van der Waals surface area (Å²) in [6.07, 6.45) is 6.03. The van der Waals surface area contributed by atoms with Gasteiger partial charge in [0.05, 0.1) is 35.6 Å². The molecule has 2 aromatic carbocycles. The van der Waals surface area contributed by atoms with Gasteiger partial charge in [-0.1, -0.05) is 18.2 Å². The Labute approximate surface area is 196 Å². The number of aromatic nitrogens is 4. The van der Waals surface area contributed by atoms with Crippen LogP contribution in [0.25, 0.3) is 22.2 Å². The van der Waals surface area contributed by atoms with Crippen molar-refractivity contribution in [2.24, 2.45) is 7.05 Å². The predicted molar refractivity (Wildman–Crippen MR) is 129 cm³/mol. The Balaban J connectivity index is 1.35. The Bertz CT molecular complexity index is 1400. The van der Waals surface area contributed by atoms with Gasteiger partial charge in [-0.15, -0.1) is 0 Å². The van der Waals surface area contributed by atoms with Gasteiger partial charge in [-0.2, -0.15) is 5.10 Å². The Morgan fingerprint density at radius 3 is 2.71 bits per heavy atom. The Hall–Kier alpha value is -3.78. The highest BCUT2D eigenvalue weighted by Crippen LogP contribution is 2.22. The quantitative estimate of drug-likeness (QED) is 0.480. The molecule has 1 saturated carbocycles. The molecule has 0 unspecified atom stereocenters. The topological polar surface area (TPSA) is 102 Å². The number of fused-ring (bicyclic) bond motifs is 1. The molecule has 0 atom stereocenters. The number of rotatable bonds is 5. The van der Waals surface area contributed by atoms with E-state index in [-0.39, 0.29) is 23.6 Å². The summed E-state index contributed by atoms with van der Waals surface area (Å²) in [4.78, 5) is 30.4. The van der Waals surface area contributed by atoms with Crippen LogP contribution in [0.5, 0.6) is 0 Å². The van der Waals surface area contributed by atoms with Crippen LogP contribution in [0.2, 0.25) is 0 Å². The molecular formula is C26H27N5O3. The number of carbonyl (C=O) groups excluding carboxylic acids is 1. The molecule has 0 aliphatic heterocycles. The number of carbonyl (C=O) groups is 1. The maximum absolute atomic E-state index is 13.1. The van der Waals surface area contributed by atoms with Crippen molar-refractivity contribution in [1.29, 1.82) is 0 Å². The minimum Gasteiger partial charge on any atom is -0.393 e. The number of aryl methyl sites for hydroxylation is 1. The molecule has 4 aromatic rings. The molecule has 0 saturated heterocycles. The molecule has 1 fully saturated rings. The molecule has 1 aliphatic carbocycles. The maximum atomic E-state index is 13.1. The van der Waals surface area contributed by atoms with Gasteiger partial charge < -0.3 is 10.4 Å². The smallest absolute Gasteiger partial charge is 0.261 e. The number of nitrogens with zero attached hydrogens (tertiary/aromatic N) is 4. The van der Waals surface area contributed by atoms with Crippen LogP contribution in [0, 0.1) is 0 Å². The summed E-state index contributed by atoms with van der Waals surface area (Å²) in [5, 5.41) is 17.5. The van der Waals surface area contributed by atoms with Crippen molar-refractivity contribution in [3.05, 3.63) is 82.5 Å². The van der Waals surface area contributed by atoms with Crippen molar-refractivity contribution >= 4 is 16.8 Å². The van der Waals surface area contributed by atoms with Gasteiger partial charge >= 0.3 is 0 Å². The van der Waals surface area contributed by atoms with Crippen LogP contribution in [0.1, 0.15) is 41.6 Å². The van der Waals surface area contributed by atoms with Crippen molar-refractivity contribution in [2.45, 2.75) is 44.4 Å². The second kappa shape index (κ2) is 9.23. The van der Waals surface area contributed by atoms with Crippen LogP contribution in [0.15, 0.2) is 65.8 Å². The number of nitrogens with one attached hydrogen (secondary N) is 1. The number of hydrogen-bond acceptors (Lipinski definition) is 5. The Kier molecular flexibility index (Phi) is 5.98. The first kappa shape index (κ1) is 22.0. The fourth-order valence-corrected chi connectivity index (χ4v) is 4.58. The van der Waals surface area contributed by atoms with E-state index in [1.807, 2.05) is 43.4 Å². The highest BCUT2D eigenvalue weighted by Gasteiger charge is 2.21. The monoisotopic (exact) mass is 457 g/mol. The Morgan fingerprint density at radius 1 is 1.12 bits per heavy atom. The molecule has 0 radical (unpaired) electrons. The molecule has 2 heterocycles. The van der Waals surface area contributed by atoms with E-state index in [2.05, 4.69) is 15.4 Å². The summed E-state index contributed by atoms with van der Waals surface area (Å²) >= 11 is 0. The molecule has 1 amide bonds. The number of aliphatic hydroxyl groups excluding tert-OH is 1. The van der Waals surface area contributed by atoms with Crippen LogP contribution in [0.4, 0.5) is 0 Å². The normalized spacial score (nSPS) is 18.2. The van der Waals surface area contributed by atoms with E-state index in [1.165, 1.54) is 0 Å². The zero-order valence-corrected chi connectivity index (χ0v) is 19.0. The zero-order valence-electron chi connectivity index (χ0n) is 19.0. The third-order valence-electron chi connectivity index (χ3n) is 6.52. The first-order valence-electron chi connectivity index (χ1n) is 11.5. The fraction of sp³-hybridized carbons (Fsp3) is 0.308. The second-order valence-electron chi connectivity index (χ2n) is 8.93. The van der Waals surface area contributed by atoms with E-state index in [0.717, 1.165) is 29.7 Å². The van der Waals surface area contributed by atoms with E-state index < -0.39 is 0 Å². The lowest BCUT2D eigenvalue weighted by Gasteiger charge is -2.26. The summed E-state index contributed by atoms with van der Waals surface area (Å²) in [5.74, 6) is -0.130. The lowest BCUT2D eigenvalue weighted by atomic mass is 9.93. The lowest BCUT2D eigenvalue weighted by Crippen LogP contribution is -2.38. The largest absolute Gasteiger partial charge is 0.393 e. The first-order valence-corrected chi connectivity index (χ1v) is 11.5. The standard InChI is InChI=1S/C26H27N5O3/c1-30-24(11-12-28-30)18-5-10-22-23(14-18)27-16-31(26(22)34)15-17-3-2-4-19(13-17)25(33)29-20-6-8-21(32)9-7-20/h2-5,10-14,16,20-21,32H,6-9,15H2,1H3,(H,29,33). The van der Waals surface area contributed by atoms with Crippen molar-refractivity contribution in [2.75, 3.05) is 0 Å². The van der Waals surface area contributed by atoms with Gasteiger partial charge in [-0.25, -0.2) is 4.98 Å². The number of benzene rings is 2. The lowest BCUT2D eigenvalue weighted by molar-refractivity contribution is 0.0867. The zero-order chi connectivity index (χ0) is 23.7. The Morgan fingerprint density at radius 2 is 1.94 bits per heavy atom. The molecule has 174 valence electrons. The number of aliphatic hydroxyl groups is 1. The van der Waals surface area contributed by atoms with Crippen LogP contribution in [-0.4, -0.2) is 42.5 Å². The maximum Gasteiger partial charge on any atom is 0.261 e. The molecule has 0 spiro atoms. The molecule has 8 nitrogen and oxygen atoms in total. The van der Waals surface area contributed by atoms with Gasteiger partial charge in [0.15, 0.2) is 0 Å². The molecule has 34 heavy (non-hydrogen) atoms. The van der Waals surface area contributed by atoms with E-state index in [9.17, 15) is 14.7 Å². The molecule has 8 heteroatoms. The highest BCUT2D eigenvalue weighted by atomic mass is 16.3. The summed E-state index contributed by atoms with van der Waals surface area (Å²) in [6, 6.07) is 14.9. The van der Waals surface area contributed by atoms with Crippen LogP contribution in [0.3, 0.4) is 0 Å². The van der Waals surface area contributed by atoms with E-state index >= 15 is 0 Å². The second-order valence-corrected chi connectivity index (χ2v) is 8.93. The van der Waals surface area contributed by atoms with E-state index in [1.54, 1.807) is 33.9 Å². The average Bonchev–Trinajstić information content (AvgIpc) is 3.28. The highest BCUT2D eigenvalue weighted by molar-refractivity contribution is 5.94. The molecular weight excluding hydrogens is 430 g/mol. The van der Waals surface area contributed by atoms with Crippen molar-refractivity contribution in [3.63, 3.8) is 0 Å². The van der Waals surface area contributed by atoms with Crippen molar-refractivity contribution in [1.82, 2.24) is 24.6 Å². The summed E-state index contributed by atoms with van der Waals surface area (Å²) in [5.41, 5.74) is 3.81. The van der Waals surface area contributed by atoms with Gasteiger partial charge in [0.1, 0.15) is 0 Å². The van der Waals surface area contributed by atoms with Crippen LogP contribution >= 0.6 is 0 Å². The first-order chi connectivity index (χ1) is 16.5. The average molecular weight is 458 g/mol. The van der Waals surface area contributed by atoms with E-state index in [4.69, 9.17) is 0 Å². The molecule has 1 aliphatic rings. The molecule has 2 aromatic heterocycles. The van der Waals surface area contributed by atoms with E-state index in [0.29, 0.717) is 35.9 Å². The molecule has 5 rings (SSSR count). The number of amides is 1. The van der Waals surface area contributed by atoms with Gasteiger partial charge in [0.25, 0.3) is 11.5 Å². The van der Waals surface area contributed by atoms with Crippen molar-refractivity contribution < 1.29 is 9.90 Å². The molecule has 2 N–H and O–H groups in total. The third-order valence-corrected chi connectivity index (χ3v) is 6.52. The predicted octanol–water partition coefficient (Wildman–Crippen LogP) is 2.88. The summed E-state index contributed by atoms with van der Waals surface area (Å²) in [6.45, 7) is 0.321. The molecule has 0 bridgehead atoms. The third kappa shape index (κ3) is 4.49. The van der Waals surface area contributed by atoms with Crippen LogP contribution < -0.4 is 10.9 Å². The number of hydrogen-bond donors (Lipinski definition) is 2. The van der Waals surface area contributed by atoms with Gasteiger partial charge in [0, 0.05) is 30.4 Å². The summed E-state index contributed by atoms with van der Waals surface area (Å²) in [7, 11) is 1.87. The minimum absolute atomic E-state index is 0.0862. The minimum atomic E-state index is -0.257.